The summed E-state index contributed by atoms with van der Waals surface area (Å²) < 4.78 is 5.65. The van der Waals surface area contributed by atoms with Gasteiger partial charge in [-0.05, 0) is 44.4 Å². The van der Waals surface area contributed by atoms with Gasteiger partial charge in [-0.2, -0.15) is 0 Å². The van der Waals surface area contributed by atoms with E-state index in [0.29, 0.717) is 19.4 Å². The molecule has 0 saturated carbocycles. The number of ether oxygens (including phenoxy) is 1. The standard InChI is InChI=1S/C21H26N2O4/c1-14(2)27-16-7-5-6-15(12-16)13-22-19(24)10-11-23-20(25)17-8-3-4-9-18(17)21(23)26/h3-7,12,14,17-18H,8-11,13H2,1-2H3,(H,22,24)/t17-,18+. The Hall–Kier alpha value is -2.63. The van der Waals surface area contributed by atoms with E-state index in [1.54, 1.807) is 0 Å². The third kappa shape index (κ3) is 4.56. The van der Waals surface area contributed by atoms with Crippen molar-refractivity contribution in [1.82, 2.24) is 10.2 Å². The van der Waals surface area contributed by atoms with E-state index in [9.17, 15) is 14.4 Å². The smallest absolute Gasteiger partial charge is 0.233 e. The number of benzene rings is 1. The zero-order valence-corrected chi connectivity index (χ0v) is 15.8. The van der Waals surface area contributed by atoms with Crippen LogP contribution in [-0.2, 0) is 20.9 Å². The van der Waals surface area contributed by atoms with E-state index in [1.165, 1.54) is 4.90 Å². The number of hydrogen-bond donors (Lipinski definition) is 1. The summed E-state index contributed by atoms with van der Waals surface area (Å²) >= 11 is 0. The average molecular weight is 370 g/mol. The van der Waals surface area contributed by atoms with Gasteiger partial charge in [0.2, 0.25) is 17.7 Å². The van der Waals surface area contributed by atoms with E-state index in [-0.39, 0.29) is 48.6 Å². The molecule has 1 aromatic carbocycles. The molecule has 27 heavy (non-hydrogen) atoms. The molecule has 1 heterocycles. The monoisotopic (exact) mass is 370 g/mol. The van der Waals surface area contributed by atoms with Crippen molar-refractivity contribution in [3.8, 4) is 5.75 Å². The van der Waals surface area contributed by atoms with Gasteiger partial charge in [0.25, 0.3) is 0 Å². The van der Waals surface area contributed by atoms with Crippen molar-refractivity contribution in [2.75, 3.05) is 6.54 Å². The van der Waals surface area contributed by atoms with E-state index in [1.807, 2.05) is 50.3 Å². The summed E-state index contributed by atoms with van der Waals surface area (Å²) in [5.41, 5.74) is 0.937. The Morgan fingerprint density at radius 3 is 2.48 bits per heavy atom. The molecule has 6 heteroatoms. The molecule has 1 N–H and O–H groups in total. The summed E-state index contributed by atoms with van der Waals surface area (Å²) in [7, 11) is 0. The first-order valence-corrected chi connectivity index (χ1v) is 9.48. The molecule has 1 aromatic rings. The largest absolute Gasteiger partial charge is 0.491 e. The fraction of sp³-hybridized carbons (Fsp3) is 0.476. The summed E-state index contributed by atoms with van der Waals surface area (Å²) in [5, 5.41) is 2.84. The quantitative estimate of drug-likeness (QED) is 0.591. The molecular formula is C21H26N2O4. The average Bonchev–Trinajstić information content (AvgIpc) is 2.89. The van der Waals surface area contributed by atoms with E-state index in [0.717, 1.165) is 11.3 Å². The van der Waals surface area contributed by atoms with Gasteiger partial charge in [-0.15, -0.1) is 0 Å². The Bertz CT molecular complexity index is 730. The number of hydrogen-bond acceptors (Lipinski definition) is 4. The highest BCUT2D eigenvalue weighted by atomic mass is 16.5. The number of imide groups is 1. The van der Waals surface area contributed by atoms with Gasteiger partial charge in [0.05, 0.1) is 17.9 Å². The van der Waals surface area contributed by atoms with Crippen LogP contribution >= 0.6 is 0 Å². The fourth-order valence-electron chi connectivity index (χ4n) is 3.59. The van der Waals surface area contributed by atoms with Crippen molar-refractivity contribution in [3.05, 3.63) is 42.0 Å². The van der Waals surface area contributed by atoms with Crippen molar-refractivity contribution in [2.24, 2.45) is 11.8 Å². The first-order valence-electron chi connectivity index (χ1n) is 9.48. The number of amides is 3. The molecule has 1 aliphatic carbocycles. The first-order chi connectivity index (χ1) is 13.0. The zero-order chi connectivity index (χ0) is 19.4. The first kappa shape index (κ1) is 19.1. The van der Waals surface area contributed by atoms with E-state index >= 15 is 0 Å². The minimum atomic E-state index is -0.241. The maximum Gasteiger partial charge on any atom is 0.233 e. The molecule has 0 spiro atoms. The molecule has 1 fully saturated rings. The third-order valence-corrected chi connectivity index (χ3v) is 4.92. The fourth-order valence-corrected chi connectivity index (χ4v) is 3.59. The van der Waals surface area contributed by atoms with Gasteiger partial charge < -0.3 is 10.1 Å². The van der Waals surface area contributed by atoms with Crippen LogP contribution in [0.4, 0.5) is 0 Å². The Morgan fingerprint density at radius 1 is 1.19 bits per heavy atom. The lowest BCUT2D eigenvalue weighted by molar-refractivity contribution is -0.140. The highest BCUT2D eigenvalue weighted by molar-refractivity contribution is 6.05. The molecular weight excluding hydrogens is 344 g/mol. The number of nitrogens with zero attached hydrogens (tertiary/aromatic N) is 1. The van der Waals surface area contributed by atoms with Gasteiger partial charge >= 0.3 is 0 Å². The summed E-state index contributed by atoms with van der Waals surface area (Å²) in [6.07, 6.45) is 5.36. The second kappa shape index (κ2) is 8.37. The molecule has 3 rings (SSSR count). The van der Waals surface area contributed by atoms with Crippen LogP contribution in [0.2, 0.25) is 0 Å². The molecule has 2 aliphatic rings. The third-order valence-electron chi connectivity index (χ3n) is 4.92. The van der Waals surface area contributed by atoms with Gasteiger partial charge in [-0.25, -0.2) is 0 Å². The second-order valence-electron chi connectivity index (χ2n) is 7.32. The molecule has 6 nitrogen and oxygen atoms in total. The van der Waals surface area contributed by atoms with Crippen LogP contribution in [0, 0.1) is 11.8 Å². The summed E-state index contributed by atoms with van der Waals surface area (Å²) in [4.78, 5) is 38.2. The predicted octanol–water partition coefficient (Wildman–Crippen LogP) is 2.43. The van der Waals surface area contributed by atoms with Gasteiger partial charge in [-0.3, -0.25) is 19.3 Å². The number of likely N-dealkylation sites (tertiary alicyclic amines) is 1. The molecule has 0 unspecified atom stereocenters. The normalized spacial score (nSPS) is 21.5. The van der Waals surface area contributed by atoms with Crippen molar-refractivity contribution >= 4 is 17.7 Å². The number of rotatable bonds is 7. The highest BCUT2D eigenvalue weighted by Crippen LogP contribution is 2.34. The molecule has 1 saturated heterocycles. The van der Waals surface area contributed by atoms with Crippen molar-refractivity contribution in [2.45, 2.75) is 45.8 Å². The van der Waals surface area contributed by atoms with Crippen LogP contribution in [0.1, 0.15) is 38.7 Å². The van der Waals surface area contributed by atoms with Gasteiger partial charge in [0.1, 0.15) is 5.75 Å². The molecule has 2 atom stereocenters. The lowest BCUT2D eigenvalue weighted by Crippen LogP contribution is -2.35. The van der Waals surface area contributed by atoms with Crippen molar-refractivity contribution in [3.63, 3.8) is 0 Å². The molecule has 0 radical (unpaired) electrons. The van der Waals surface area contributed by atoms with Gasteiger partial charge in [0.15, 0.2) is 0 Å². The van der Waals surface area contributed by atoms with Crippen LogP contribution in [0.15, 0.2) is 36.4 Å². The molecule has 144 valence electrons. The minimum Gasteiger partial charge on any atom is -0.491 e. The summed E-state index contributed by atoms with van der Waals surface area (Å²) in [5.74, 6) is -0.176. The Morgan fingerprint density at radius 2 is 1.85 bits per heavy atom. The van der Waals surface area contributed by atoms with E-state index in [2.05, 4.69) is 5.32 Å². The topological polar surface area (TPSA) is 75.7 Å². The zero-order valence-electron chi connectivity index (χ0n) is 15.8. The number of allylic oxidation sites excluding steroid dienone is 2. The minimum absolute atomic E-state index is 0.0873. The summed E-state index contributed by atoms with van der Waals surface area (Å²) in [6.45, 7) is 4.45. The van der Waals surface area contributed by atoms with Crippen molar-refractivity contribution < 1.29 is 19.1 Å². The molecule has 3 amide bonds. The van der Waals surface area contributed by atoms with Crippen LogP contribution < -0.4 is 10.1 Å². The van der Waals surface area contributed by atoms with Crippen LogP contribution in [-0.4, -0.2) is 35.3 Å². The van der Waals surface area contributed by atoms with E-state index < -0.39 is 0 Å². The van der Waals surface area contributed by atoms with Crippen LogP contribution in [0.3, 0.4) is 0 Å². The van der Waals surface area contributed by atoms with E-state index in [4.69, 9.17) is 4.74 Å². The SMILES string of the molecule is CC(C)Oc1cccc(CNC(=O)CCN2C(=O)[C@H]3CC=CC[C@H]3C2=O)c1. The van der Waals surface area contributed by atoms with Gasteiger partial charge in [0, 0.05) is 19.5 Å². The Kier molecular flexibility index (Phi) is 5.94. The maximum absolute atomic E-state index is 12.4. The number of carbonyl (C=O) groups excluding carboxylic acids is 3. The lowest BCUT2D eigenvalue weighted by Gasteiger charge is -2.15. The molecule has 0 aromatic heterocycles. The lowest BCUT2D eigenvalue weighted by atomic mass is 9.85. The number of nitrogens with one attached hydrogen (secondary N) is 1. The second-order valence-corrected chi connectivity index (χ2v) is 7.32. The predicted molar refractivity (Wildman–Crippen MR) is 101 cm³/mol. The molecule has 0 bridgehead atoms. The van der Waals surface area contributed by atoms with Crippen LogP contribution in [0.5, 0.6) is 5.75 Å². The van der Waals surface area contributed by atoms with Crippen molar-refractivity contribution in [1.29, 1.82) is 0 Å². The Labute approximate surface area is 159 Å². The highest BCUT2D eigenvalue weighted by Gasteiger charge is 2.46. The Balaban J connectivity index is 1.48. The number of fused-ring (bicyclic) bond motifs is 1. The maximum atomic E-state index is 12.4. The van der Waals surface area contributed by atoms with Crippen LogP contribution in [0.25, 0.3) is 0 Å². The summed E-state index contributed by atoms with van der Waals surface area (Å²) in [6, 6.07) is 7.57. The number of carbonyl (C=O) groups is 3. The van der Waals surface area contributed by atoms with Gasteiger partial charge in [-0.1, -0.05) is 24.3 Å². The molecule has 1 aliphatic heterocycles.